The molecule has 1 aliphatic heterocycles. The standard InChI is InChI=1S/C11H24ClN3O2S/c1-13-8-4-6-11(13)10-15(3)18(16,17)14(2)9-5-7-12/h11H,4-10H2,1-3H3. The number of alkyl halides is 1. The highest BCUT2D eigenvalue weighted by atomic mass is 35.5. The van der Waals surface area contributed by atoms with Gasteiger partial charge in [0.2, 0.25) is 0 Å². The van der Waals surface area contributed by atoms with Gasteiger partial charge in [0.1, 0.15) is 0 Å². The Hall–Kier alpha value is 0.120. The molecule has 0 spiro atoms. The Kier molecular flexibility index (Phi) is 6.34. The summed E-state index contributed by atoms with van der Waals surface area (Å²) in [5.74, 6) is 0.481. The normalized spacial score (nSPS) is 22.2. The molecule has 1 fully saturated rings. The van der Waals surface area contributed by atoms with Gasteiger partial charge in [0.15, 0.2) is 0 Å². The molecule has 1 heterocycles. The van der Waals surface area contributed by atoms with Crippen LogP contribution in [0.2, 0.25) is 0 Å². The molecule has 5 nitrogen and oxygen atoms in total. The Labute approximate surface area is 116 Å². The maximum atomic E-state index is 12.2. The Bertz CT molecular complexity index is 350. The molecule has 0 aromatic rings. The van der Waals surface area contributed by atoms with E-state index in [2.05, 4.69) is 11.9 Å². The van der Waals surface area contributed by atoms with E-state index in [4.69, 9.17) is 11.6 Å². The second-order valence-corrected chi connectivity index (χ2v) is 7.45. The van der Waals surface area contributed by atoms with Crippen LogP contribution in [0, 0.1) is 0 Å². The predicted molar refractivity (Wildman–Crippen MR) is 75.2 cm³/mol. The van der Waals surface area contributed by atoms with E-state index in [-0.39, 0.29) is 0 Å². The van der Waals surface area contributed by atoms with Gasteiger partial charge in [-0.3, -0.25) is 0 Å². The van der Waals surface area contributed by atoms with E-state index in [0.29, 0.717) is 31.4 Å². The third-order valence-corrected chi connectivity index (χ3v) is 5.71. The summed E-state index contributed by atoms with van der Waals surface area (Å²) in [4.78, 5) is 2.23. The first kappa shape index (κ1) is 16.2. The van der Waals surface area contributed by atoms with Crippen molar-refractivity contribution in [3.63, 3.8) is 0 Å². The zero-order valence-corrected chi connectivity index (χ0v) is 13.0. The molecule has 0 aliphatic carbocycles. The second-order valence-electron chi connectivity index (χ2n) is 4.93. The number of hydrogen-bond donors (Lipinski definition) is 0. The minimum absolute atomic E-state index is 0.339. The van der Waals surface area contributed by atoms with Gasteiger partial charge in [-0.1, -0.05) is 0 Å². The zero-order valence-electron chi connectivity index (χ0n) is 11.5. The molecule has 18 heavy (non-hydrogen) atoms. The molecule has 108 valence electrons. The van der Waals surface area contributed by atoms with Crippen molar-refractivity contribution in [3.05, 3.63) is 0 Å². The number of hydrogen-bond acceptors (Lipinski definition) is 3. The third-order valence-electron chi connectivity index (χ3n) is 3.53. The lowest BCUT2D eigenvalue weighted by atomic mass is 10.2. The van der Waals surface area contributed by atoms with Crippen molar-refractivity contribution in [1.29, 1.82) is 0 Å². The number of likely N-dealkylation sites (N-methyl/N-ethyl adjacent to an activating group) is 2. The van der Waals surface area contributed by atoms with Crippen molar-refractivity contribution >= 4 is 21.8 Å². The van der Waals surface area contributed by atoms with Crippen LogP contribution < -0.4 is 0 Å². The molecule has 1 saturated heterocycles. The van der Waals surface area contributed by atoms with E-state index in [1.54, 1.807) is 14.1 Å². The lowest BCUT2D eigenvalue weighted by Gasteiger charge is -2.28. The first-order valence-electron chi connectivity index (χ1n) is 6.33. The Morgan fingerprint density at radius 1 is 1.33 bits per heavy atom. The topological polar surface area (TPSA) is 43.9 Å². The van der Waals surface area contributed by atoms with Crippen LogP contribution in [0.5, 0.6) is 0 Å². The average molecular weight is 298 g/mol. The minimum Gasteiger partial charge on any atom is -0.302 e. The first-order chi connectivity index (χ1) is 8.39. The molecule has 0 radical (unpaired) electrons. The van der Waals surface area contributed by atoms with Crippen molar-refractivity contribution in [2.75, 3.05) is 46.7 Å². The molecule has 0 amide bonds. The third kappa shape index (κ3) is 4.06. The molecule has 1 aliphatic rings. The maximum Gasteiger partial charge on any atom is 0.281 e. The van der Waals surface area contributed by atoms with E-state index in [1.807, 2.05) is 0 Å². The SMILES string of the molecule is CN1CCCC1CN(C)S(=O)(=O)N(C)CCCCl. The van der Waals surface area contributed by atoms with Crippen LogP contribution in [0.25, 0.3) is 0 Å². The van der Waals surface area contributed by atoms with Crippen LogP contribution in [-0.2, 0) is 10.2 Å². The zero-order chi connectivity index (χ0) is 13.8. The first-order valence-corrected chi connectivity index (χ1v) is 8.26. The Morgan fingerprint density at radius 2 is 2.00 bits per heavy atom. The summed E-state index contributed by atoms with van der Waals surface area (Å²) in [5.41, 5.74) is 0. The van der Waals surface area contributed by atoms with E-state index in [9.17, 15) is 8.42 Å². The smallest absolute Gasteiger partial charge is 0.281 e. The molecule has 0 N–H and O–H groups in total. The lowest BCUT2D eigenvalue weighted by molar-refractivity contribution is 0.264. The average Bonchev–Trinajstić information content (AvgIpc) is 2.71. The van der Waals surface area contributed by atoms with Crippen molar-refractivity contribution in [3.8, 4) is 0 Å². The number of likely N-dealkylation sites (tertiary alicyclic amines) is 1. The number of halogens is 1. The van der Waals surface area contributed by atoms with Gasteiger partial charge in [0.25, 0.3) is 10.2 Å². The largest absolute Gasteiger partial charge is 0.302 e. The van der Waals surface area contributed by atoms with Crippen LogP contribution in [0.3, 0.4) is 0 Å². The molecule has 0 saturated carbocycles. The quantitative estimate of drug-likeness (QED) is 0.654. The minimum atomic E-state index is -3.34. The van der Waals surface area contributed by atoms with E-state index in [1.165, 1.54) is 8.61 Å². The molecular formula is C11H24ClN3O2S. The molecule has 0 bridgehead atoms. The summed E-state index contributed by atoms with van der Waals surface area (Å²) >= 11 is 5.59. The van der Waals surface area contributed by atoms with E-state index >= 15 is 0 Å². The van der Waals surface area contributed by atoms with Crippen molar-refractivity contribution in [2.45, 2.75) is 25.3 Å². The van der Waals surface area contributed by atoms with Gasteiger partial charge in [-0.2, -0.15) is 17.0 Å². The van der Waals surface area contributed by atoms with Crippen LogP contribution in [-0.4, -0.2) is 74.6 Å². The molecular weight excluding hydrogens is 274 g/mol. The fourth-order valence-electron chi connectivity index (χ4n) is 2.24. The van der Waals surface area contributed by atoms with E-state index in [0.717, 1.165) is 19.4 Å². The second kappa shape index (κ2) is 7.05. The fourth-order valence-corrected chi connectivity index (χ4v) is 3.55. The highest BCUT2D eigenvalue weighted by Crippen LogP contribution is 2.17. The van der Waals surface area contributed by atoms with Gasteiger partial charge in [-0.15, -0.1) is 11.6 Å². The van der Waals surface area contributed by atoms with Crippen molar-refractivity contribution in [2.24, 2.45) is 0 Å². The van der Waals surface area contributed by atoms with Gasteiger partial charge in [-0.25, -0.2) is 0 Å². The predicted octanol–water partition coefficient (Wildman–Crippen LogP) is 0.818. The van der Waals surface area contributed by atoms with Crippen LogP contribution in [0.1, 0.15) is 19.3 Å². The Balaban J connectivity index is 2.55. The molecule has 7 heteroatoms. The summed E-state index contributed by atoms with van der Waals surface area (Å²) in [6, 6.07) is 0.339. The van der Waals surface area contributed by atoms with Gasteiger partial charge in [0, 0.05) is 39.1 Å². The van der Waals surface area contributed by atoms with Crippen LogP contribution in [0.4, 0.5) is 0 Å². The summed E-state index contributed by atoms with van der Waals surface area (Å²) in [6.45, 7) is 2.08. The number of nitrogens with zero attached hydrogens (tertiary/aromatic N) is 3. The molecule has 0 aromatic carbocycles. The maximum absolute atomic E-state index is 12.2. The summed E-state index contributed by atoms with van der Waals surface area (Å²) < 4.78 is 27.3. The Morgan fingerprint density at radius 3 is 2.50 bits per heavy atom. The van der Waals surface area contributed by atoms with Gasteiger partial charge in [-0.05, 0) is 32.9 Å². The molecule has 1 atom stereocenters. The summed E-state index contributed by atoms with van der Waals surface area (Å²) in [6.07, 6.45) is 2.90. The van der Waals surface area contributed by atoms with Gasteiger partial charge >= 0.3 is 0 Å². The molecule has 0 aromatic heterocycles. The van der Waals surface area contributed by atoms with Crippen LogP contribution in [0.15, 0.2) is 0 Å². The van der Waals surface area contributed by atoms with Crippen molar-refractivity contribution in [1.82, 2.24) is 13.5 Å². The highest BCUT2D eigenvalue weighted by Gasteiger charge is 2.29. The van der Waals surface area contributed by atoms with Crippen molar-refractivity contribution < 1.29 is 8.42 Å². The number of rotatable bonds is 7. The van der Waals surface area contributed by atoms with E-state index < -0.39 is 10.2 Å². The summed E-state index contributed by atoms with van der Waals surface area (Å²) in [5, 5.41) is 0. The highest BCUT2D eigenvalue weighted by molar-refractivity contribution is 7.86. The summed E-state index contributed by atoms with van der Waals surface area (Å²) in [7, 11) is 1.97. The van der Waals surface area contributed by atoms with Gasteiger partial charge < -0.3 is 4.90 Å². The lowest BCUT2D eigenvalue weighted by Crippen LogP contribution is -2.45. The van der Waals surface area contributed by atoms with Crippen LogP contribution >= 0.6 is 11.6 Å². The van der Waals surface area contributed by atoms with Gasteiger partial charge in [0.05, 0.1) is 0 Å². The molecule has 1 unspecified atom stereocenters. The monoisotopic (exact) mass is 297 g/mol. The fraction of sp³-hybridized carbons (Fsp3) is 1.00. The molecule has 1 rings (SSSR count).